The molecule has 2 atom stereocenters. The van der Waals surface area contributed by atoms with E-state index in [-0.39, 0.29) is 47.8 Å². The molecule has 146 valence electrons. The number of aromatic nitrogens is 1. The van der Waals surface area contributed by atoms with Crippen LogP contribution in [0.25, 0.3) is 0 Å². The number of aliphatic hydroxyl groups excluding tert-OH is 1. The van der Waals surface area contributed by atoms with E-state index in [4.69, 9.17) is 20.8 Å². The number of alkyl halides is 3. The first kappa shape index (κ1) is 19.3. The van der Waals surface area contributed by atoms with Crippen molar-refractivity contribution in [3.8, 4) is 11.5 Å². The van der Waals surface area contributed by atoms with Crippen molar-refractivity contribution in [2.24, 2.45) is 0 Å². The molecule has 0 aliphatic carbocycles. The number of amides is 1. The summed E-state index contributed by atoms with van der Waals surface area (Å²) in [5, 5.41) is 9.56. The minimum Gasteiger partial charge on any atom is -0.480 e. The van der Waals surface area contributed by atoms with Gasteiger partial charge >= 0.3 is 6.61 Å². The summed E-state index contributed by atoms with van der Waals surface area (Å²) in [7, 11) is 0. The normalized spacial score (nSPS) is 19.6. The Labute approximate surface area is 156 Å². The molecular formula is C16H14ClF3N2O5. The summed E-state index contributed by atoms with van der Waals surface area (Å²) in [5.41, 5.74) is -0.0879. The molecule has 2 aromatic rings. The van der Waals surface area contributed by atoms with Crippen LogP contribution in [0.3, 0.4) is 0 Å². The number of likely N-dealkylation sites (tertiary alicyclic amines) is 1. The maximum absolute atomic E-state index is 13.3. The Bertz CT molecular complexity index is 809. The van der Waals surface area contributed by atoms with Gasteiger partial charge in [0.15, 0.2) is 23.8 Å². The van der Waals surface area contributed by atoms with E-state index in [1.807, 2.05) is 0 Å². The third kappa shape index (κ3) is 4.64. The van der Waals surface area contributed by atoms with Crippen LogP contribution in [0.1, 0.15) is 16.4 Å². The minimum atomic E-state index is -3.06. The molecule has 0 spiro atoms. The number of oxazole rings is 1. The van der Waals surface area contributed by atoms with Crippen molar-refractivity contribution in [3.63, 3.8) is 0 Å². The van der Waals surface area contributed by atoms with Crippen molar-refractivity contribution in [1.29, 1.82) is 0 Å². The number of carbonyl (C=O) groups is 1. The zero-order chi connectivity index (χ0) is 19.6. The maximum atomic E-state index is 13.3. The van der Waals surface area contributed by atoms with Crippen LogP contribution in [0.5, 0.6) is 11.5 Å². The SMILES string of the molecule is O=C(c1coc(COc2ccc(Cl)cc2OC(F)F)n1)N1C[C@@H](O)[C@H](F)C1. The first-order valence-corrected chi connectivity index (χ1v) is 8.14. The molecule has 1 fully saturated rings. The van der Waals surface area contributed by atoms with Gasteiger partial charge in [-0.2, -0.15) is 8.78 Å². The number of benzene rings is 1. The number of halogens is 4. The molecule has 0 radical (unpaired) electrons. The highest BCUT2D eigenvalue weighted by Crippen LogP contribution is 2.32. The molecule has 11 heteroatoms. The predicted octanol–water partition coefficient (Wildman–Crippen LogP) is 2.66. The van der Waals surface area contributed by atoms with Crippen LogP contribution in [0, 0.1) is 0 Å². The molecule has 1 N–H and O–H groups in total. The quantitative estimate of drug-likeness (QED) is 0.794. The van der Waals surface area contributed by atoms with Gasteiger partial charge in [0.25, 0.3) is 5.91 Å². The fourth-order valence-corrected chi connectivity index (χ4v) is 2.64. The van der Waals surface area contributed by atoms with Crippen molar-refractivity contribution >= 4 is 17.5 Å². The molecule has 1 saturated heterocycles. The number of hydrogen-bond acceptors (Lipinski definition) is 6. The second-order valence-electron chi connectivity index (χ2n) is 5.68. The molecule has 27 heavy (non-hydrogen) atoms. The summed E-state index contributed by atoms with van der Waals surface area (Å²) in [5.74, 6) is -0.889. The zero-order valence-electron chi connectivity index (χ0n) is 13.6. The summed E-state index contributed by atoms with van der Waals surface area (Å²) in [4.78, 5) is 17.2. The van der Waals surface area contributed by atoms with Gasteiger partial charge in [-0.3, -0.25) is 4.79 Å². The highest BCUT2D eigenvalue weighted by molar-refractivity contribution is 6.30. The number of nitrogens with zero attached hydrogens (tertiary/aromatic N) is 2. The van der Waals surface area contributed by atoms with E-state index in [2.05, 4.69) is 9.72 Å². The van der Waals surface area contributed by atoms with Crippen molar-refractivity contribution in [1.82, 2.24) is 9.88 Å². The van der Waals surface area contributed by atoms with Gasteiger partial charge in [-0.05, 0) is 12.1 Å². The summed E-state index contributed by atoms with van der Waals surface area (Å²) in [6.07, 6.45) is -1.68. The molecule has 1 aliphatic rings. The summed E-state index contributed by atoms with van der Waals surface area (Å²) >= 11 is 5.74. The second kappa shape index (κ2) is 8.05. The van der Waals surface area contributed by atoms with Crippen molar-refractivity contribution in [3.05, 3.63) is 41.1 Å². The zero-order valence-corrected chi connectivity index (χ0v) is 14.4. The number of rotatable bonds is 6. The molecule has 7 nitrogen and oxygen atoms in total. The van der Waals surface area contributed by atoms with Gasteiger partial charge < -0.3 is 23.9 Å². The summed E-state index contributed by atoms with van der Waals surface area (Å²) < 4.78 is 53.0. The average molecular weight is 407 g/mol. The molecule has 1 amide bonds. The van der Waals surface area contributed by atoms with E-state index < -0.39 is 24.8 Å². The van der Waals surface area contributed by atoms with Gasteiger partial charge in [-0.15, -0.1) is 0 Å². The summed E-state index contributed by atoms with van der Waals surface area (Å²) in [6.45, 7) is -3.72. The van der Waals surface area contributed by atoms with E-state index >= 15 is 0 Å². The van der Waals surface area contributed by atoms with Crippen LogP contribution >= 0.6 is 11.6 Å². The lowest BCUT2D eigenvalue weighted by molar-refractivity contribution is -0.0516. The molecular weight excluding hydrogens is 393 g/mol. The third-order valence-electron chi connectivity index (χ3n) is 3.75. The number of ether oxygens (including phenoxy) is 2. The van der Waals surface area contributed by atoms with E-state index in [1.54, 1.807) is 0 Å². The molecule has 1 aromatic heterocycles. The Balaban J connectivity index is 1.64. The van der Waals surface area contributed by atoms with Crippen LogP contribution in [0.4, 0.5) is 13.2 Å². The molecule has 0 saturated carbocycles. The van der Waals surface area contributed by atoms with Crippen LogP contribution in [0.15, 0.2) is 28.9 Å². The van der Waals surface area contributed by atoms with Crippen LogP contribution in [0.2, 0.25) is 5.02 Å². The van der Waals surface area contributed by atoms with Gasteiger partial charge in [0.1, 0.15) is 18.5 Å². The van der Waals surface area contributed by atoms with E-state index in [0.717, 1.165) is 11.2 Å². The molecule has 1 aromatic carbocycles. The average Bonchev–Trinajstić information content (AvgIpc) is 3.20. The molecule has 3 rings (SSSR count). The van der Waals surface area contributed by atoms with Gasteiger partial charge in [-0.25, -0.2) is 9.37 Å². The molecule has 1 aliphatic heterocycles. The Morgan fingerprint density at radius 3 is 2.85 bits per heavy atom. The van der Waals surface area contributed by atoms with E-state index in [9.17, 15) is 23.1 Å². The van der Waals surface area contributed by atoms with Crippen molar-refractivity contribution < 1.29 is 37.0 Å². The lowest BCUT2D eigenvalue weighted by Crippen LogP contribution is -2.29. The van der Waals surface area contributed by atoms with Crippen molar-refractivity contribution in [2.75, 3.05) is 13.1 Å². The number of aliphatic hydroxyl groups is 1. The fourth-order valence-electron chi connectivity index (χ4n) is 2.48. The Morgan fingerprint density at radius 1 is 1.41 bits per heavy atom. The third-order valence-corrected chi connectivity index (χ3v) is 3.99. The maximum Gasteiger partial charge on any atom is 0.387 e. The standard InChI is InChI=1S/C16H14ClF3N2O5/c17-8-1-2-12(13(3-8)27-16(19)20)25-7-14-21-10(6-26-14)15(24)22-4-9(18)11(23)5-22/h1-3,6,9,11,16,23H,4-5,7H2/t9-,11-/m1/s1. The number of carbonyl (C=O) groups excluding carboxylic acids is 1. The van der Waals surface area contributed by atoms with Gasteiger partial charge in [0.05, 0.1) is 13.1 Å². The summed E-state index contributed by atoms with van der Waals surface area (Å²) in [6, 6.07) is 3.92. The highest BCUT2D eigenvalue weighted by Gasteiger charge is 2.35. The van der Waals surface area contributed by atoms with Crippen molar-refractivity contribution in [2.45, 2.75) is 25.5 Å². The van der Waals surface area contributed by atoms with Crippen LogP contribution in [-0.2, 0) is 6.61 Å². The van der Waals surface area contributed by atoms with Gasteiger partial charge in [-0.1, -0.05) is 11.6 Å². The molecule has 0 bridgehead atoms. The number of hydrogen-bond donors (Lipinski definition) is 1. The lowest BCUT2D eigenvalue weighted by Gasteiger charge is -2.12. The first-order chi connectivity index (χ1) is 12.8. The van der Waals surface area contributed by atoms with E-state index in [1.165, 1.54) is 18.2 Å². The highest BCUT2D eigenvalue weighted by atomic mass is 35.5. The van der Waals surface area contributed by atoms with E-state index in [0.29, 0.717) is 0 Å². The molecule has 2 heterocycles. The topological polar surface area (TPSA) is 85.0 Å². The number of β-amino-alcohol motifs (C(OH)–C–C–N with tert-alkyl or cyclic N) is 1. The van der Waals surface area contributed by atoms with Gasteiger partial charge in [0.2, 0.25) is 5.89 Å². The fraction of sp³-hybridized carbons (Fsp3) is 0.375. The first-order valence-electron chi connectivity index (χ1n) is 7.76. The minimum absolute atomic E-state index is 0.00663. The lowest BCUT2D eigenvalue weighted by atomic mass is 10.3. The van der Waals surface area contributed by atoms with Gasteiger partial charge in [0, 0.05) is 11.1 Å². The predicted molar refractivity (Wildman–Crippen MR) is 85.7 cm³/mol. The Kier molecular flexibility index (Phi) is 5.76. The smallest absolute Gasteiger partial charge is 0.387 e. The molecule has 0 unspecified atom stereocenters. The monoisotopic (exact) mass is 406 g/mol. The van der Waals surface area contributed by atoms with Crippen LogP contribution in [-0.4, -0.2) is 52.9 Å². The largest absolute Gasteiger partial charge is 0.480 e. The van der Waals surface area contributed by atoms with Crippen LogP contribution < -0.4 is 9.47 Å². The Morgan fingerprint density at radius 2 is 2.19 bits per heavy atom. The second-order valence-corrected chi connectivity index (χ2v) is 6.11. The Hall–Kier alpha value is -2.46.